The summed E-state index contributed by atoms with van der Waals surface area (Å²) in [5, 5.41) is 7.09. The number of hydrogen-bond donors (Lipinski definition) is 2. The third-order valence-electron chi connectivity index (χ3n) is 3.30. The van der Waals surface area contributed by atoms with E-state index in [-0.39, 0.29) is 0 Å². The zero-order valence-corrected chi connectivity index (χ0v) is 15.4. The Bertz CT molecular complexity index is 602. The summed E-state index contributed by atoms with van der Waals surface area (Å²) in [5.74, 6) is 0.683. The Kier molecular flexibility index (Phi) is 8.36. The first-order valence-corrected chi connectivity index (χ1v) is 9.73. The molecule has 1 aromatic rings. The number of guanidine groups is 1. The van der Waals surface area contributed by atoms with Crippen molar-refractivity contribution in [3.8, 4) is 0 Å². The Morgan fingerprint density at radius 1 is 1.26 bits per heavy atom. The van der Waals surface area contributed by atoms with E-state index in [0.717, 1.165) is 5.56 Å². The average molecular weight is 361 g/mol. The molecule has 2 N–H and O–H groups in total. The van der Waals surface area contributed by atoms with Crippen LogP contribution in [0.2, 0.25) is 5.02 Å². The Balaban J connectivity index is 2.33. The molecule has 0 bridgehead atoms. The second-order valence-corrected chi connectivity index (χ2v) is 7.51. The zero-order valence-electron chi connectivity index (χ0n) is 13.8. The highest BCUT2D eigenvalue weighted by Crippen LogP contribution is 2.09. The molecule has 0 radical (unpaired) electrons. The predicted octanol–water partition coefficient (Wildman–Crippen LogP) is 1.68. The highest BCUT2D eigenvalue weighted by atomic mass is 35.5. The van der Waals surface area contributed by atoms with Gasteiger partial charge in [-0.05, 0) is 24.1 Å². The maximum absolute atomic E-state index is 11.5. The maximum atomic E-state index is 11.5. The van der Waals surface area contributed by atoms with Gasteiger partial charge in [-0.2, -0.15) is 0 Å². The van der Waals surface area contributed by atoms with Crippen LogP contribution in [0.4, 0.5) is 0 Å². The highest BCUT2D eigenvalue weighted by Gasteiger charge is 2.13. The summed E-state index contributed by atoms with van der Waals surface area (Å²) in [5.41, 5.74) is 1.10. The number of benzene rings is 1. The van der Waals surface area contributed by atoms with Crippen LogP contribution in [0.3, 0.4) is 0 Å². The fourth-order valence-electron chi connectivity index (χ4n) is 2.03. The van der Waals surface area contributed by atoms with E-state index in [4.69, 9.17) is 11.6 Å². The van der Waals surface area contributed by atoms with Crippen molar-refractivity contribution in [2.75, 3.05) is 32.9 Å². The molecule has 130 valence electrons. The molecule has 1 aromatic carbocycles. The Labute approximate surface area is 144 Å². The average Bonchev–Trinajstić information content (AvgIpc) is 2.50. The van der Waals surface area contributed by atoms with Gasteiger partial charge in [0, 0.05) is 38.2 Å². The van der Waals surface area contributed by atoms with Crippen molar-refractivity contribution in [1.29, 1.82) is 0 Å². The first-order valence-electron chi connectivity index (χ1n) is 7.51. The SMILES string of the molecule is CCN(CCCNC(=NC)NCc1ccc(Cl)cc1)S(C)(=O)=O. The van der Waals surface area contributed by atoms with Gasteiger partial charge < -0.3 is 10.6 Å². The molecule has 0 heterocycles. The fourth-order valence-corrected chi connectivity index (χ4v) is 3.09. The molecule has 0 aliphatic rings. The molecule has 0 aliphatic heterocycles. The van der Waals surface area contributed by atoms with Crippen molar-refractivity contribution in [2.24, 2.45) is 4.99 Å². The number of nitrogens with one attached hydrogen (secondary N) is 2. The van der Waals surface area contributed by atoms with Crippen LogP contribution in [-0.2, 0) is 16.6 Å². The molecular weight excluding hydrogens is 336 g/mol. The van der Waals surface area contributed by atoms with Gasteiger partial charge >= 0.3 is 0 Å². The van der Waals surface area contributed by atoms with E-state index in [9.17, 15) is 8.42 Å². The van der Waals surface area contributed by atoms with Gasteiger partial charge in [0.05, 0.1) is 6.26 Å². The van der Waals surface area contributed by atoms with Crippen molar-refractivity contribution in [3.05, 3.63) is 34.9 Å². The largest absolute Gasteiger partial charge is 0.356 e. The minimum absolute atomic E-state index is 0.488. The molecule has 0 saturated carbocycles. The van der Waals surface area contributed by atoms with E-state index in [0.29, 0.717) is 43.6 Å². The summed E-state index contributed by atoms with van der Waals surface area (Å²) in [6, 6.07) is 7.60. The second-order valence-electron chi connectivity index (χ2n) is 5.09. The fraction of sp³-hybridized carbons (Fsp3) is 0.533. The number of aliphatic imine (C=N–C) groups is 1. The van der Waals surface area contributed by atoms with Gasteiger partial charge in [0.1, 0.15) is 0 Å². The monoisotopic (exact) mass is 360 g/mol. The molecule has 0 aliphatic carbocycles. The van der Waals surface area contributed by atoms with E-state index in [2.05, 4.69) is 15.6 Å². The quantitative estimate of drug-likeness (QED) is 0.420. The number of halogens is 1. The van der Waals surface area contributed by atoms with Gasteiger partial charge in [-0.25, -0.2) is 12.7 Å². The van der Waals surface area contributed by atoms with Crippen molar-refractivity contribution in [1.82, 2.24) is 14.9 Å². The normalized spacial score (nSPS) is 12.5. The molecule has 0 atom stereocenters. The topological polar surface area (TPSA) is 73.8 Å². The molecule has 0 amide bonds. The standard InChI is InChI=1S/C15H25ClN4O2S/c1-4-20(23(3,21)22)11-5-10-18-15(17-2)19-12-13-6-8-14(16)9-7-13/h6-9H,4-5,10-12H2,1-3H3,(H2,17,18,19). The van der Waals surface area contributed by atoms with Crippen LogP contribution >= 0.6 is 11.6 Å². The van der Waals surface area contributed by atoms with Crippen LogP contribution in [0.25, 0.3) is 0 Å². The Hall–Kier alpha value is -1.31. The molecule has 0 fully saturated rings. The van der Waals surface area contributed by atoms with Gasteiger partial charge in [-0.1, -0.05) is 30.7 Å². The summed E-state index contributed by atoms with van der Waals surface area (Å²) in [6.07, 6.45) is 1.94. The second kappa shape index (κ2) is 9.75. The molecule has 8 heteroatoms. The highest BCUT2D eigenvalue weighted by molar-refractivity contribution is 7.88. The molecule has 0 saturated heterocycles. The maximum Gasteiger partial charge on any atom is 0.211 e. The van der Waals surface area contributed by atoms with Crippen LogP contribution in [0, 0.1) is 0 Å². The lowest BCUT2D eigenvalue weighted by Gasteiger charge is -2.18. The summed E-state index contributed by atoms with van der Waals surface area (Å²) < 4.78 is 24.4. The summed E-state index contributed by atoms with van der Waals surface area (Å²) in [4.78, 5) is 4.14. The van der Waals surface area contributed by atoms with Gasteiger partial charge in [0.2, 0.25) is 10.0 Å². The first kappa shape index (κ1) is 19.7. The van der Waals surface area contributed by atoms with E-state index in [1.807, 2.05) is 31.2 Å². The van der Waals surface area contributed by atoms with Gasteiger partial charge in [-0.3, -0.25) is 4.99 Å². The third kappa shape index (κ3) is 7.67. The minimum atomic E-state index is -3.12. The van der Waals surface area contributed by atoms with Crippen molar-refractivity contribution in [3.63, 3.8) is 0 Å². The number of nitrogens with zero attached hydrogens (tertiary/aromatic N) is 2. The predicted molar refractivity (Wildman–Crippen MR) is 96.4 cm³/mol. The van der Waals surface area contributed by atoms with Crippen LogP contribution < -0.4 is 10.6 Å². The van der Waals surface area contributed by atoms with Crippen LogP contribution in [0.5, 0.6) is 0 Å². The molecule has 1 rings (SSSR count). The van der Waals surface area contributed by atoms with Crippen molar-refractivity contribution >= 4 is 27.6 Å². The first-order chi connectivity index (χ1) is 10.9. The van der Waals surface area contributed by atoms with E-state index < -0.39 is 10.0 Å². The van der Waals surface area contributed by atoms with Crippen LogP contribution in [-0.4, -0.2) is 51.6 Å². The molecule has 0 unspecified atom stereocenters. The zero-order chi connectivity index (χ0) is 17.3. The lowest BCUT2D eigenvalue weighted by molar-refractivity contribution is 0.424. The van der Waals surface area contributed by atoms with E-state index in [1.54, 1.807) is 7.05 Å². The van der Waals surface area contributed by atoms with Gasteiger partial charge in [-0.15, -0.1) is 0 Å². The number of rotatable bonds is 8. The lowest BCUT2D eigenvalue weighted by Crippen LogP contribution is -2.39. The van der Waals surface area contributed by atoms with Crippen LogP contribution in [0.15, 0.2) is 29.3 Å². The molecule has 0 aromatic heterocycles. The number of sulfonamides is 1. The number of hydrogen-bond acceptors (Lipinski definition) is 3. The van der Waals surface area contributed by atoms with Crippen LogP contribution in [0.1, 0.15) is 18.9 Å². The summed E-state index contributed by atoms with van der Waals surface area (Å²) >= 11 is 5.85. The van der Waals surface area contributed by atoms with Gasteiger partial charge in [0.15, 0.2) is 5.96 Å². The summed E-state index contributed by atoms with van der Waals surface area (Å²) in [6.45, 7) is 4.10. The van der Waals surface area contributed by atoms with E-state index in [1.165, 1.54) is 10.6 Å². The Morgan fingerprint density at radius 3 is 2.43 bits per heavy atom. The smallest absolute Gasteiger partial charge is 0.211 e. The molecular formula is C15H25ClN4O2S. The van der Waals surface area contributed by atoms with Gasteiger partial charge in [0.25, 0.3) is 0 Å². The van der Waals surface area contributed by atoms with E-state index >= 15 is 0 Å². The lowest BCUT2D eigenvalue weighted by atomic mass is 10.2. The molecule has 23 heavy (non-hydrogen) atoms. The van der Waals surface area contributed by atoms with Crippen molar-refractivity contribution in [2.45, 2.75) is 19.9 Å². The third-order valence-corrected chi connectivity index (χ3v) is 4.93. The van der Waals surface area contributed by atoms with Crippen molar-refractivity contribution < 1.29 is 8.42 Å². The Morgan fingerprint density at radius 2 is 1.91 bits per heavy atom. The summed E-state index contributed by atoms with van der Waals surface area (Å²) in [7, 11) is -1.42. The molecule has 0 spiro atoms. The minimum Gasteiger partial charge on any atom is -0.356 e. The molecule has 6 nitrogen and oxygen atoms in total.